The Kier molecular flexibility index (Phi) is 4.17. The molecule has 8 heteroatoms. The Labute approximate surface area is 139 Å². The third-order valence-corrected chi connectivity index (χ3v) is 5.70. The van der Waals surface area contributed by atoms with Crippen LogP contribution in [0.15, 0.2) is 18.3 Å². The van der Waals surface area contributed by atoms with Crippen LogP contribution in [0.2, 0.25) is 0 Å². The first-order valence-corrected chi connectivity index (χ1v) is 9.25. The number of aromatic nitrogens is 4. The number of likely N-dealkylation sites (tertiary alicyclic amines) is 1. The van der Waals surface area contributed by atoms with Crippen LogP contribution in [0, 0.1) is 0 Å². The summed E-state index contributed by atoms with van der Waals surface area (Å²) in [6.45, 7) is 4.06. The smallest absolute Gasteiger partial charge is 0.254 e. The van der Waals surface area contributed by atoms with Gasteiger partial charge >= 0.3 is 0 Å². The Morgan fingerprint density at radius 2 is 1.96 bits per heavy atom. The molecule has 2 aromatic heterocycles. The van der Waals surface area contributed by atoms with Gasteiger partial charge in [0.2, 0.25) is 0 Å². The van der Waals surface area contributed by atoms with Crippen molar-refractivity contribution in [3.63, 3.8) is 0 Å². The number of thioether (sulfide) groups is 1. The summed E-state index contributed by atoms with van der Waals surface area (Å²) < 4.78 is 1.57. The highest BCUT2D eigenvalue weighted by atomic mass is 32.2. The number of carbonyl (C=O) groups excluding carboxylic acids is 1. The zero-order valence-electron chi connectivity index (χ0n) is 13.0. The molecule has 4 heterocycles. The fourth-order valence-electron chi connectivity index (χ4n) is 3.43. The number of pyridine rings is 1. The number of amides is 1. The molecular formula is C15H20N6OS. The van der Waals surface area contributed by atoms with Crippen LogP contribution in [0.3, 0.4) is 0 Å². The largest absolute Gasteiger partial charge is 0.339 e. The van der Waals surface area contributed by atoms with Crippen molar-refractivity contribution in [1.82, 2.24) is 29.8 Å². The first kappa shape index (κ1) is 14.9. The molecule has 0 aliphatic carbocycles. The molecule has 0 bridgehead atoms. The van der Waals surface area contributed by atoms with Crippen LogP contribution in [0.5, 0.6) is 0 Å². The summed E-state index contributed by atoms with van der Waals surface area (Å²) in [7, 11) is 0. The van der Waals surface area contributed by atoms with Crippen molar-refractivity contribution in [3.05, 3.63) is 23.9 Å². The molecule has 0 N–H and O–H groups in total. The third kappa shape index (κ3) is 3.05. The number of fused-ring (bicyclic) bond motifs is 1. The predicted molar refractivity (Wildman–Crippen MR) is 88.6 cm³/mol. The first-order valence-electron chi connectivity index (χ1n) is 8.10. The molecule has 2 fully saturated rings. The number of carbonyl (C=O) groups is 1. The van der Waals surface area contributed by atoms with Crippen molar-refractivity contribution in [2.75, 3.05) is 37.7 Å². The second-order valence-corrected chi connectivity index (χ2v) is 7.29. The quantitative estimate of drug-likeness (QED) is 0.810. The van der Waals surface area contributed by atoms with Crippen LogP contribution in [-0.4, -0.2) is 79.5 Å². The molecule has 0 radical (unpaired) electrons. The SMILES string of the molecule is O=C(c1ccn2nnnc2c1)N1CCC(N2CCSCC2)CC1. The van der Waals surface area contributed by atoms with Crippen LogP contribution in [0.4, 0.5) is 0 Å². The topological polar surface area (TPSA) is 66.6 Å². The number of hydrogen-bond acceptors (Lipinski definition) is 6. The minimum atomic E-state index is 0.0862. The molecule has 2 aliphatic rings. The van der Waals surface area contributed by atoms with E-state index in [1.807, 2.05) is 16.7 Å². The molecule has 0 spiro atoms. The van der Waals surface area contributed by atoms with Gasteiger partial charge in [0.25, 0.3) is 5.91 Å². The van der Waals surface area contributed by atoms with E-state index in [2.05, 4.69) is 20.4 Å². The van der Waals surface area contributed by atoms with E-state index >= 15 is 0 Å². The van der Waals surface area contributed by atoms with Gasteiger partial charge < -0.3 is 4.90 Å². The van der Waals surface area contributed by atoms with E-state index in [0.717, 1.165) is 25.9 Å². The molecular weight excluding hydrogens is 312 g/mol. The molecule has 2 aromatic rings. The number of hydrogen-bond donors (Lipinski definition) is 0. The molecule has 2 saturated heterocycles. The molecule has 0 saturated carbocycles. The molecule has 0 unspecified atom stereocenters. The van der Waals surface area contributed by atoms with Crippen LogP contribution >= 0.6 is 11.8 Å². The maximum atomic E-state index is 12.7. The maximum Gasteiger partial charge on any atom is 0.254 e. The molecule has 0 aromatic carbocycles. The highest BCUT2D eigenvalue weighted by molar-refractivity contribution is 7.99. The Bertz CT molecular complexity index is 690. The zero-order chi connectivity index (χ0) is 15.6. The number of tetrazole rings is 1. The number of piperidine rings is 1. The third-order valence-electron chi connectivity index (χ3n) is 4.76. The molecule has 2 aliphatic heterocycles. The van der Waals surface area contributed by atoms with Crippen LogP contribution in [0.1, 0.15) is 23.2 Å². The summed E-state index contributed by atoms with van der Waals surface area (Å²) in [6.07, 6.45) is 3.89. The van der Waals surface area contributed by atoms with Gasteiger partial charge in [-0.1, -0.05) is 0 Å². The van der Waals surface area contributed by atoms with Crippen molar-refractivity contribution in [3.8, 4) is 0 Å². The highest BCUT2D eigenvalue weighted by Crippen LogP contribution is 2.21. The van der Waals surface area contributed by atoms with Gasteiger partial charge in [0, 0.05) is 55.5 Å². The summed E-state index contributed by atoms with van der Waals surface area (Å²) in [5.74, 6) is 2.57. The summed E-state index contributed by atoms with van der Waals surface area (Å²) in [5.41, 5.74) is 1.27. The van der Waals surface area contributed by atoms with Gasteiger partial charge in [0.05, 0.1) is 0 Å². The van der Waals surface area contributed by atoms with Gasteiger partial charge in [-0.05, 0) is 35.4 Å². The molecule has 4 rings (SSSR count). The number of rotatable bonds is 2. The lowest BCUT2D eigenvalue weighted by Gasteiger charge is -2.40. The van der Waals surface area contributed by atoms with Crippen molar-refractivity contribution in [2.45, 2.75) is 18.9 Å². The van der Waals surface area contributed by atoms with Crippen molar-refractivity contribution >= 4 is 23.3 Å². The van der Waals surface area contributed by atoms with Crippen molar-refractivity contribution in [2.24, 2.45) is 0 Å². The fourth-order valence-corrected chi connectivity index (χ4v) is 4.36. The van der Waals surface area contributed by atoms with E-state index in [1.54, 1.807) is 22.8 Å². The second kappa shape index (κ2) is 6.45. The minimum absolute atomic E-state index is 0.0862. The van der Waals surface area contributed by atoms with Gasteiger partial charge in [-0.2, -0.15) is 11.8 Å². The first-order chi connectivity index (χ1) is 11.3. The Hall–Kier alpha value is -1.67. The van der Waals surface area contributed by atoms with Gasteiger partial charge in [-0.3, -0.25) is 9.69 Å². The standard InChI is InChI=1S/C15H20N6OS/c22-15(12-1-6-21-14(11-12)16-17-18-21)20-4-2-13(3-5-20)19-7-9-23-10-8-19/h1,6,11,13H,2-5,7-10H2. The molecule has 0 atom stereocenters. The average Bonchev–Trinajstić information content (AvgIpc) is 3.10. The van der Waals surface area contributed by atoms with Gasteiger partial charge in [-0.25, -0.2) is 4.52 Å². The minimum Gasteiger partial charge on any atom is -0.339 e. The highest BCUT2D eigenvalue weighted by Gasteiger charge is 2.28. The van der Waals surface area contributed by atoms with Crippen LogP contribution < -0.4 is 0 Å². The molecule has 1 amide bonds. The fraction of sp³-hybridized carbons (Fsp3) is 0.600. The summed E-state index contributed by atoms with van der Waals surface area (Å²) in [5, 5.41) is 11.3. The zero-order valence-corrected chi connectivity index (χ0v) is 13.8. The summed E-state index contributed by atoms with van der Waals surface area (Å²) in [6, 6.07) is 4.19. The van der Waals surface area contributed by atoms with E-state index in [9.17, 15) is 4.79 Å². The van der Waals surface area contributed by atoms with Gasteiger partial charge in [0.1, 0.15) is 0 Å². The normalized spacial score (nSPS) is 21.0. The van der Waals surface area contributed by atoms with E-state index < -0.39 is 0 Å². The summed E-state index contributed by atoms with van der Waals surface area (Å²) >= 11 is 2.04. The van der Waals surface area contributed by atoms with Gasteiger partial charge in [-0.15, -0.1) is 5.10 Å². The van der Waals surface area contributed by atoms with E-state index in [1.165, 1.54) is 24.6 Å². The molecule has 23 heavy (non-hydrogen) atoms. The van der Waals surface area contributed by atoms with Crippen LogP contribution in [0.25, 0.3) is 5.65 Å². The number of nitrogens with zero attached hydrogens (tertiary/aromatic N) is 6. The second-order valence-electron chi connectivity index (χ2n) is 6.07. The molecule has 7 nitrogen and oxygen atoms in total. The van der Waals surface area contributed by atoms with Gasteiger partial charge in [0.15, 0.2) is 5.65 Å². The Morgan fingerprint density at radius 1 is 1.17 bits per heavy atom. The maximum absolute atomic E-state index is 12.7. The predicted octanol–water partition coefficient (Wildman–Crippen LogP) is 0.778. The Morgan fingerprint density at radius 3 is 2.74 bits per heavy atom. The monoisotopic (exact) mass is 332 g/mol. The lowest BCUT2D eigenvalue weighted by Crippen LogP contribution is -2.49. The lowest BCUT2D eigenvalue weighted by atomic mass is 10.0. The molecule has 122 valence electrons. The lowest BCUT2D eigenvalue weighted by molar-refractivity contribution is 0.0631. The van der Waals surface area contributed by atoms with Crippen molar-refractivity contribution in [1.29, 1.82) is 0 Å². The van der Waals surface area contributed by atoms with E-state index in [0.29, 0.717) is 17.3 Å². The van der Waals surface area contributed by atoms with Crippen LogP contribution in [-0.2, 0) is 0 Å². The Balaban J connectivity index is 1.40. The van der Waals surface area contributed by atoms with Crippen molar-refractivity contribution < 1.29 is 4.79 Å². The average molecular weight is 332 g/mol. The van der Waals surface area contributed by atoms with E-state index in [4.69, 9.17) is 0 Å². The van der Waals surface area contributed by atoms with E-state index in [-0.39, 0.29) is 5.91 Å². The summed E-state index contributed by atoms with van der Waals surface area (Å²) in [4.78, 5) is 17.2.